The molecule has 6 nitrogen and oxygen atoms in total. The molecule has 0 amide bonds. The minimum absolute atomic E-state index is 0.109. The Balaban J connectivity index is 0.000000222. The van der Waals surface area contributed by atoms with Gasteiger partial charge in [0, 0.05) is 24.2 Å². The Labute approximate surface area is 371 Å². The standard InChI is InChI=1S/C46H32O2.C12H14N2O2/c1-48-33(47)8-5-15-46(29-6-3-2-4-7-29)30-13-11-22-16-26-20-28-18-24-10-9-23-17-27-19-25-12-14-32(46)41-34(25)38(27)42-35(23)36(24)43-39(28)37(26)40(31(22)21-30)44(41)45(42)43;1-16-12(15)9-5-8-11(14-13)10-6-3-2-4-7-10/h2-4,6-7,9-11,13-14,16-18,30,41H,5,8,12,15,19-21H2,1H3;2-4,6-7H,5,8-9H2,1H3. The highest BCUT2D eigenvalue weighted by molar-refractivity contribution is 6.41. The van der Waals surface area contributed by atoms with E-state index in [2.05, 4.69) is 88.4 Å². The Kier molecular flexibility index (Phi) is 8.12. The SMILES string of the molecule is COC(=O)CCCC(=[N+]=[N-])c1ccccc1.COC(=O)CCCC1(c2ccccc2)C2=CCC3=C4c5c(cc6ccc7cc8c9c%10c(cc%11c(c%10c(c%10c9c7c6c5-%10)C24)CC1C=C%11)C8)C3. The van der Waals surface area contributed by atoms with Crippen LogP contribution in [-0.2, 0) is 43.7 Å². The summed E-state index contributed by atoms with van der Waals surface area (Å²) >= 11 is 0. The number of ether oxygens (including phenoxy) is 2. The largest absolute Gasteiger partial charge is 0.469 e. The average Bonchev–Trinajstić information content (AvgIpc) is 4.01. The predicted octanol–water partition coefficient (Wildman–Crippen LogP) is 12.5. The summed E-state index contributed by atoms with van der Waals surface area (Å²) in [5, 5.41) is 12.1. The quantitative estimate of drug-likeness (QED) is 0.0343. The van der Waals surface area contributed by atoms with Crippen molar-refractivity contribution in [2.45, 2.75) is 75.5 Å². The van der Waals surface area contributed by atoms with Gasteiger partial charge in [-0.3, -0.25) is 9.59 Å². The summed E-state index contributed by atoms with van der Waals surface area (Å²) < 4.78 is 9.72. The number of hydrogen-bond acceptors (Lipinski definition) is 4. The highest BCUT2D eigenvalue weighted by Crippen LogP contribution is 2.70. The first-order valence-electron chi connectivity index (χ1n) is 23.0. The van der Waals surface area contributed by atoms with Crippen LogP contribution < -0.4 is 0 Å². The summed E-state index contributed by atoms with van der Waals surface area (Å²) in [5.74, 6) is 0.171. The Morgan fingerprint density at radius 3 is 2.19 bits per heavy atom. The van der Waals surface area contributed by atoms with Gasteiger partial charge in [0.05, 0.1) is 26.2 Å². The van der Waals surface area contributed by atoms with Crippen molar-refractivity contribution in [2.24, 2.45) is 5.92 Å². The maximum Gasteiger partial charge on any atom is 0.305 e. The Bertz CT molecular complexity index is 3460. The monoisotopic (exact) mass is 834 g/mol. The third-order valence-corrected chi connectivity index (χ3v) is 16.1. The molecular formula is C58H46N2O4. The molecule has 6 heteroatoms. The van der Waals surface area contributed by atoms with Gasteiger partial charge in [0.15, 0.2) is 0 Å². The maximum absolute atomic E-state index is 12.6. The zero-order valence-corrected chi connectivity index (χ0v) is 36.1. The van der Waals surface area contributed by atoms with Crippen molar-refractivity contribution in [2.75, 3.05) is 14.2 Å². The van der Waals surface area contributed by atoms with E-state index in [-0.39, 0.29) is 23.3 Å². The maximum atomic E-state index is 12.6. The number of carbonyl (C=O) groups excluding carboxylic acids is 2. The number of hydrogen-bond donors (Lipinski definition) is 0. The third-order valence-electron chi connectivity index (χ3n) is 16.1. The fourth-order valence-electron chi connectivity index (χ4n) is 13.7. The molecule has 3 atom stereocenters. The summed E-state index contributed by atoms with van der Waals surface area (Å²) in [6.07, 6.45) is 15.5. The lowest BCUT2D eigenvalue weighted by Crippen LogP contribution is -2.43. The number of nitrogens with zero attached hydrogens (tertiary/aromatic N) is 2. The van der Waals surface area contributed by atoms with E-state index in [4.69, 9.17) is 10.3 Å². The Morgan fingerprint density at radius 1 is 0.719 bits per heavy atom. The minimum Gasteiger partial charge on any atom is -0.469 e. The van der Waals surface area contributed by atoms with Crippen LogP contribution in [0.3, 0.4) is 0 Å². The second kappa shape index (κ2) is 13.8. The van der Waals surface area contributed by atoms with E-state index in [1.54, 1.807) is 66.1 Å². The molecule has 7 aromatic rings. The number of benzene rings is 7. The first-order valence-corrected chi connectivity index (χ1v) is 23.0. The van der Waals surface area contributed by atoms with Gasteiger partial charge >= 0.3 is 11.9 Å². The number of allylic oxidation sites excluding steroid dienone is 5. The molecule has 0 radical (unpaired) electrons. The van der Waals surface area contributed by atoms with Gasteiger partial charge in [0.25, 0.3) is 5.71 Å². The number of fused-ring (bicyclic) bond motifs is 1. The molecule has 7 aliphatic rings. The molecule has 64 heavy (non-hydrogen) atoms. The van der Waals surface area contributed by atoms with Crippen LogP contribution in [0.4, 0.5) is 0 Å². The third kappa shape index (κ3) is 4.92. The van der Waals surface area contributed by atoms with E-state index < -0.39 is 0 Å². The van der Waals surface area contributed by atoms with Crippen molar-refractivity contribution in [3.8, 4) is 11.1 Å². The Hall–Kier alpha value is -6.88. The molecule has 2 bridgehead atoms. The molecule has 0 aliphatic heterocycles. The van der Waals surface area contributed by atoms with Gasteiger partial charge in [-0.1, -0.05) is 108 Å². The fourth-order valence-corrected chi connectivity index (χ4v) is 13.7. The van der Waals surface area contributed by atoms with Gasteiger partial charge in [0.1, 0.15) is 0 Å². The van der Waals surface area contributed by atoms with Crippen LogP contribution >= 0.6 is 0 Å². The van der Waals surface area contributed by atoms with Crippen molar-refractivity contribution in [3.63, 3.8) is 0 Å². The summed E-state index contributed by atoms with van der Waals surface area (Å²) in [6.45, 7) is 0. The number of rotatable bonds is 10. The van der Waals surface area contributed by atoms with E-state index in [1.807, 2.05) is 30.3 Å². The molecule has 0 saturated carbocycles. The van der Waals surface area contributed by atoms with Crippen molar-refractivity contribution in [1.82, 2.24) is 0 Å². The van der Waals surface area contributed by atoms with Crippen LogP contribution in [0, 0.1) is 5.92 Å². The van der Waals surface area contributed by atoms with Crippen LogP contribution in [0.15, 0.2) is 114 Å². The van der Waals surface area contributed by atoms with Crippen molar-refractivity contribution >= 4 is 72.4 Å². The lowest BCUT2D eigenvalue weighted by atomic mass is 9.52. The molecule has 7 aromatic carbocycles. The second-order valence-electron chi connectivity index (χ2n) is 18.9. The first-order chi connectivity index (χ1) is 31.4. The predicted molar refractivity (Wildman–Crippen MR) is 255 cm³/mol. The lowest BCUT2D eigenvalue weighted by molar-refractivity contribution is -0.141. The van der Waals surface area contributed by atoms with E-state index in [1.165, 1.54) is 63.6 Å². The normalized spacial score (nSPS) is 20.0. The van der Waals surface area contributed by atoms with E-state index in [0.29, 0.717) is 37.3 Å². The molecule has 7 aliphatic carbocycles. The Morgan fingerprint density at radius 2 is 1.42 bits per heavy atom. The average molecular weight is 835 g/mol. The second-order valence-corrected chi connectivity index (χ2v) is 18.9. The number of carbonyl (C=O) groups is 2. The lowest BCUT2D eigenvalue weighted by Gasteiger charge is -2.51. The molecule has 312 valence electrons. The van der Waals surface area contributed by atoms with Crippen molar-refractivity contribution < 1.29 is 23.9 Å². The highest BCUT2D eigenvalue weighted by atomic mass is 16.5. The molecule has 0 aromatic heterocycles. The summed E-state index contributed by atoms with van der Waals surface area (Å²) in [6, 6.07) is 33.2. The van der Waals surface area contributed by atoms with Crippen LogP contribution in [0.25, 0.3) is 71.4 Å². The van der Waals surface area contributed by atoms with Crippen molar-refractivity contribution in [3.05, 3.63) is 170 Å². The van der Waals surface area contributed by atoms with Gasteiger partial charge in [-0.25, -0.2) is 0 Å². The van der Waals surface area contributed by atoms with Gasteiger partial charge in [-0.15, -0.1) is 0 Å². The minimum atomic E-state index is -0.245. The molecule has 0 spiro atoms. The topological polar surface area (TPSA) is 89.0 Å². The number of esters is 2. The van der Waals surface area contributed by atoms with Gasteiger partial charge in [-0.2, -0.15) is 4.79 Å². The molecule has 0 saturated heterocycles. The number of methoxy groups -OCH3 is 2. The van der Waals surface area contributed by atoms with E-state index in [0.717, 1.165) is 44.1 Å². The van der Waals surface area contributed by atoms with Gasteiger partial charge < -0.3 is 15.0 Å². The van der Waals surface area contributed by atoms with Crippen LogP contribution in [0.1, 0.15) is 101 Å². The van der Waals surface area contributed by atoms with Crippen LogP contribution in [-0.4, -0.2) is 36.7 Å². The molecule has 0 N–H and O–H groups in total. The zero-order chi connectivity index (χ0) is 43.0. The molecular weight excluding hydrogens is 789 g/mol. The van der Waals surface area contributed by atoms with E-state index in [9.17, 15) is 9.59 Å². The smallest absolute Gasteiger partial charge is 0.305 e. The summed E-state index contributed by atoms with van der Waals surface area (Å²) in [7, 11) is 2.88. The van der Waals surface area contributed by atoms with Crippen molar-refractivity contribution in [1.29, 1.82) is 0 Å². The molecule has 0 fully saturated rings. The van der Waals surface area contributed by atoms with Gasteiger partial charge in [0.2, 0.25) is 0 Å². The zero-order valence-electron chi connectivity index (χ0n) is 36.1. The summed E-state index contributed by atoms with van der Waals surface area (Å²) in [4.78, 5) is 26.7. The fraction of sp³-hybridized carbons (Fsp3) is 0.259. The highest BCUT2D eigenvalue weighted by Gasteiger charge is 2.54. The molecule has 0 heterocycles. The van der Waals surface area contributed by atoms with E-state index >= 15 is 0 Å². The van der Waals surface area contributed by atoms with Crippen LogP contribution in [0.2, 0.25) is 0 Å². The molecule has 14 rings (SSSR count). The van der Waals surface area contributed by atoms with Gasteiger partial charge in [-0.05, 0) is 167 Å². The first kappa shape index (κ1) is 37.7. The van der Waals surface area contributed by atoms with Crippen LogP contribution in [0.5, 0.6) is 0 Å². The molecule has 3 unspecified atom stereocenters. The summed E-state index contributed by atoms with van der Waals surface area (Å²) in [5.41, 5.74) is 30.2.